The van der Waals surface area contributed by atoms with Gasteiger partial charge in [0.2, 0.25) is 0 Å². The molecule has 6 nitrogen and oxygen atoms in total. The summed E-state index contributed by atoms with van der Waals surface area (Å²) in [5.41, 5.74) is 0. The molecule has 1 radical (unpaired) electrons. The van der Waals surface area contributed by atoms with E-state index in [9.17, 15) is 4.57 Å². The Labute approximate surface area is 91.1 Å². The van der Waals surface area contributed by atoms with E-state index >= 15 is 0 Å². The second-order valence-electron chi connectivity index (χ2n) is 0.881. The summed E-state index contributed by atoms with van der Waals surface area (Å²) in [7, 11) is -6.03. The van der Waals surface area contributed by atoms with Crippen molar-refractivity contribution in [2.24, 2.45) is 0 Å². The van der Waals surface area contributed by atoms with Crippen molar-refractivity contribution in [1.29, 1.82) is 0 Å². The van der Waals surface area contributed by atoms with E-state index in [2.05, 4.69) is 0 Å². The van der Waals surface area contributed by atoms with E-state index in [1.54, 1.807) is 0 Å². The Morgan fingerprint density at radius 1 is 1.30 bits per heavy atom. The summed E-state index contributed by atoms with van der Waals surface area (Å²) in [6, 6.07) is 0. The van der Waals surface area contributed by atoms with E-state index in [-0.39, 0.29) is 32.7 Å². The van der Waals surface area contributed by atoms with Crippen molar-refractivity contribution >= 4 is 16.6 Å². The Balaban J connectivity index is -0.000000107. The van der Waals surface area contributed by atoms with Gasteiger partial charge < -0.3 is 14.6 Å². The fourth-order valence-electron chi connectivity index (χ4n) is 0. The average molecular weight is 300 g/mol. The molecular formula is H5O6PSiVY. The number of hydrogen-bond donors (Lipinski definition) is 3. The Hall–Kier alpha value is 1.62. The second-order valence-corrected chi connectivity index (χ2v) is 6.05. The number of hydrogen-bond acceptors (Lipinski definition) is 4. The first-order valence-electron chi connectivity index (χ1n) is 1.58. The predicted molar refractivity (Wildman–Crippen MR) is 24.2 cm³/mol. The first kappa shape index (κ1) is 17.6. The van der Waals surface area contributed by atoms with Gasteiger partial charge in [-0.25, -0.2) is 0 Å². The van der Waals surface area contributed by atoms with Crippen molar-refractivity contribution in [3.05, 3.63) is 0 Å². The van der Waals surface area contributed by atoms with E-state index in [1.807, 2.05) is 0 Å². The summed E-state index contributed by atoms with van der Waals surface area (Å²) >= 11 is -1.81. The molecular weight excluding hydrogens is 295 g/mol. The molecule has 0 aromatic rings. The van der Waals surface area contributed by atoms with Gasteiger partial charge in [-0.3, -0.25) is 4.57 Å². The van der Waals surface area contributed by atoms with E-state index < -0.39 is 32.8 Å². The summed E-state index contributed by atoms with van der Waals surface area (Å²) in [4.78, 5) is 23.3. The van der Waals surface area contributed by atoms with E-state index in [0.29, 0.717) is 0 Å². The molecule has 0 saturated heterocycles. The Morgan fingerprint density at radius 3 is 1.40 bits per heavy atom. The van der Waals surface area contributed by atoms with Crippen LogP contribution in [0.25, 0.3) is 0 Å². The van der Waals surface area contributed by atoms with Crippen LogP contribution in [0.4, 0.5) is 0 Å². The number of rotatable bonds is 1. The molecule has 0 aliphatic rings. The maximum Gasteiger partial charge on any atom is 0 e. The van der Waals surface area contributed by atoms with Crippen LogP contribution in [-0.4, -0.2) is 24.0 Å². The molecule has 10 heteroatoms. The zero-order valence-electron chi connectivity index (χ0n) is 4.75. The molecule has 0 spiro atoms. The molecule has 0 aliphatic carbocycles. The zero-order chi connectivity index (χ0) is 7.91. The molecule has 10 heavy (non-hydrogen) atoms. The first-order chi connectivity index (χ1) is 3.97. The minimum absolute atomic E-state index is 0. The van der Waals surface area contributed by atoms with Crippen molar-refractivity contribution in [3.8, 4) is 0 Å². The van der Waals surface area contributed by atoms with Crippen molar-refractivity contribution in [1.82, 2.24) is 0 Å². The van der Waals surface area contributed by atoms with Gasteiger partial charge >= 0.3 is 30.7 Å². The molecule has 0 aromatic heterocycles. The maximum atomic E-state index is 9.51. The monoisotopic (exact) mass is 300 g/mol. The van der Waals surface area contributed by atoms with Crippen LogP contribution in [0.1, 0.15) is 0 Å². The van der Waals surface area contributed by atoms with Gasteiger partial charge in [0.25, 0.3) is 9.43 Å². The van der Waals surface area contributed by atoms with Gasteiger partial charge in [-0.2, -0.15) is 0 Å². The molecule has 3 N–H and O–H groups in total. The Kier molecular flexibility index (Phi) is 18.7. The Bertz CT molecular complexity index is 135. The summed E-state index contributed by atoms with van der Waals surface area (Å²) in [5.74, 6) is 0. The third-order valence-electron chi connectivity index (χ3n) is 0.184. The van der Waals surface area contributed by atoms with E-state index in [1.165, 1.54) is 0 Å². The van der Waals surface area contributed by atoms with Crippen molar-refractivity contribution in [2.75, 3.05) is 0 Å². The molecule has 0 unspecified atom stereocenters. The third kappa shape index (κ3) is 33.5. The van der Waals surface area contributed by atoms with Gasteiger partial charge in [0.1, 0.15) is 0 Å². The van der Waals surface area contributed by atoms with Crippen LogP contribution < -0.4 is 0 Å². The standard InChI is InChI=1S/H5O4PSi.2O.V.Y/c1-5(2,3)6-4;;;;/h4H,6H2,(H2,1,2,3);;;;. The van der Waals surface area contributed by atoms with Gasteiger partial charge in [-0.1, -0.05) is 0 Å². The second kappa shape index (κ2) is 10.6. The smallest absolute Gasteiger partial charge is 0 e. The molecule has 0 bridgehead atoms. The quantitative estimate of drug-likeness (QED) is 0.378. The van der Waals surface area contributed by atoms with Crippen LogP contribution >= 0.6 is 7.14 Å². The normalized spacial score (nSPS) is 9.10. The van der Waals surface area contributed by atoms with Crippen molar-refractivity contribution in [2.45, 2.75) is 0 Å². The van der Waals surface area contributed by atoms with Crippen LogP contribution in [0.15, 0.2) is 0 Å². The molecule has 0 aliphatic heterocycles. The van der Waals surface area contributed by atoms with Gasteiger partial charge in [-0.15, -0.1) is 0 Å². The Morgan fingerprint density at radius 2 is 1.40 bits per heavy atom. The van der Waals surface area contributed by atoms with Crippen LogP contribution in [0.5, 0.6) is 0 Å². The summed E-state index contributed by atoms with van der Waals surface area (Å²) in [6.45, 7) is 0. The molecule has 0 fully saturated rings. The minimum Gasteiger partial charge on any atom is 0 e. The fourth-order valence-corrected chi connectivity index (χ4v) is 0. The largest absolute Gasteiger partial charge is 0 e. The summed E-state index contributed by atoms with van der Waals surface area (Å²) in [6.07, 6.45) is 0. The van der Waals surface area contributed by atoms with Gasteiger partial charge in [0.15, 0.2) is 0 Å². The molecule has 0 atom stereocenters. The van der Waals surface area contributed by atoms with Crippen LogP contribution in [-0.2, 0) is 60.8 Å². The van der Waals surface area contributed by atoms with Crippen molar-refractivity contribution < 1.29 is 75.4 Å². The summed E-state index contributed by atoms with van der Waals surface area (Å²) < 4.78 is 26.4. The van der Waals surface area contributed by atoms with E-state index in [0.717, 1.165) is 0 Å². The molecule has 0 amide bonds. The third-order valence-corrected chi connectivity index (χ3v) is 1.66. The first-order valence-corrected chi connectivity index (χ1v) is 7.05. The molecule has 0 heterocycles. The van der Waals surface area contributed by atoms with Gasteiger partial charge in [0, 0.05) is 32.7 Å². The van der Waals surface area contributed by atoms with Gasteiger partial charge in [0.05, 0.1) is 0 Å². The topological polar surface area (TPSA) is 112 Å². The predicted octanol–water partition coefficient (Wildman–Crippen LogP) is -2.09. The zero-order valence-corrected chi connectivity index (χ0v) is 11.3. The average Bonchev–Trinajstić information content (AvgIpc) is 1.67. The fraction of sp³-hybridized carbons (Fsp3) is 0. The van der Waals surface area contributed by atoms with Crippen LogP contribution in [0, 0.1) is 0 Å². The van der Waals surface area contributed by atoms with Crippen LogP contribution in [0.3, 0.4) is 0 Å². The summed E-state index contributed by atoms with van der Waals surface area (Å²) in [5, 5.41) is 0. The van der Waals surface area contributed by atoms with Gasteiger partial charge in [-0.05, 0) is 0 Å². The molecule has 58 valence electrons. The SMILES string of the molecule is O=P(O)(O)[SiH2]O.[O]=[V]=[O].[Y]. The minimum atomic E-state index is -3.95. The molecule has 0 saturated carbocycles. The van der Waals surface area contributed by atoms with Crippen LogP contribution in [0.2, 0.25) is 0 Å². The maximum absolute atomic E-state index is 9.51. The van der Waals surface area contributed by atoms with E-state index in [4.69, 9.17) is 21.9 Å². The van der Waals surface area contributed by atoms with Crippen molar-refractivity contribution in [3.63, 3.8) is 0 Å². The molecule has 0 rings (SSSR count). The molecule has 0 aromatic carbocycles.